The lowest BCUT2D eigenvalue weighted by Gasteiger charge is -2.27. The van der Waals surface area contributed by atoms with E-state index < -0.39 is 11.7 Å². The van der Waals surface area contributed by atoms with Crippen LogP contribution in [0.2, 0.25) is 0 Å². The number of carbonyl (C=O) groups is 3. The van der Waals surface area contributed by atoms with E-state index in [4.69, 9.17) is 14.2 Å². The van der Waals surface area contributed by atoms with Gasteiger partial charge < -0.3 is 19.1 Å². The van der Waals surface area contributed by atoms with Gasteiger partial charge in [0, 0.05) is 13.1 Å². The molecule has 0 aromatic heterocycles. The van der Waals surface area contributed by atoms with Crippen LogP contribution in [0.15, 0.2) is 0 Å². The molecule has 0 rings (SSSR count). The van der Waals surface area contributed by atoms with Crippen molar-refractivity contribution in [3.05, 3.63) is 0 Å². The van der Waals surface area contributed by atoms with Gasteiger partial charge in [-0.1, -0.05) is 117 Å². The molecule has 0 bridgehead atoms. The fraction of sp³-hybridized carbons (Fsp3) is 0.909. The van der Waals surface area contributed by atoms with E-state index in [2.05, 4.69) is 13.8 Å². The third kappa shape index (κ3) is 26.4. The van der Waals surface area contributed by atoms with E-state index in [1.54, 1.807) is 20.8 Å². The minimum Gasteiger partial charge on any atom is -0.466 e. The van der Waals surface area contributed by atoms with Crippen molar-refractivity contribution in [1.82, 2.24) is 4.90 Å². The summed E-state index contributed by atoms with van der Waals surface area (Å²) in [6, 6.07) is 0. The molecule has 0 aromatic rings. The van der Waals surface area contributed by atoms with Crippen molar-refractivity contribution in [1.29, 1.82) is 0 Å². The Hall–Kier alpha value is -1.79. The van der Waals surface area contributed by atoms with E-state index in [1.807, 2.05) is 0 Å². The summed E-state index contributed by atoms with van der Waals surface area (Å²) in [4.78, 5) is 38.6. The summed E-state index contributed by atoms with van der Waals surface area (Å²) in [6.45, 7) is 11.0. The third-order valence-electron chi connectivity index (χ3n) is 6.85. The number of hydrogen-bond donors (Lipinski definition) is 0. The van der Waals surface area contributed by atoms with Gasteiger partial charge in [-0.3, -0.25) is 9.59 Å². The molecule has 236 valence electrons. The summed E-state index contributed by atoms with van der Waals surface area (Å²) in [7, 11) is 0. The second-order valence-electron chi connectivity index (χ2n) is 12.1. The van der Waals surface area contributed by atoms with Crippen molar-refractivity contribution >= 4 is 18.0 Å². The third-order valence-corrected chi connectivity index (χ3v) is 6.85. The first-order valence-corrected chi connectivity index (χ1v) is 16.5. The van der Waals surface area contributed by atoms with Crippen LogP contribution < -0.4 is 0 Å². The molecule has 40 heavy (non-hydrogen) atoms. The molecule has 0 aliphatic carbocycles. The van der Waals surface area contributed by atoms with Crippen LogP contribution in [0.5, 0.6) is 0 Å². The van der Waals surface area contributed by atoms with E-state index in [-0.39, 0.29) is 37.9 Å². The molecule has 7 nitrogen and oxygen atoms in total. The predicted molar refractivity (Wildman–Crippen MR) is 163 cm³/mol. The Morgan fingerprint density at radius 2 is 0.850 bits per heavy atom. The molecule has 0 N–H and O–H groups in total. The topological polar surface area (TPSA) is 82.1 Å². The van der Waals surface area contributed by atoms with Crippen LogP contribution in [0.4, 0.5) is 4.79 Å². The highest BCUT2D eigenvalue weighted by Gasteiger charge is 2.23. The van der Waals surface area contributed by atoms with Crippen molar-refractivity contribution in [2.45, 2.75) is 169 Å². The molecule has 0 radical (unpaired) electrons. The zero-order chi connectivity index (χ0) is 29.9. The Labute approximate surface area is 246 Å². The Kier molecular flexibility index (Phi) is 25.0. The summed E-state index contributed by atoms with van der Waals surface area (Å²) >= 11 is 0. The molecule has 0 fully saturated rings. The van der Waals surface area contributed by atoms with Gasteiger partial charge in [0.1, 0.15) is 5.60 Å². The smallest absolute Gasteiger partial charge is 0.410 e. The standard InChI is InChI=1S/C33H63NO6/c1-6-8-10-12-14-16-18-20-22-28-38-30(35)24-26-34(32(37)40-33(3,4)5)27-25-31(36)39-29-23-21-19-17-15-13-11-9-7-2/h6-29H2,1-5H3. The Balaban J connectivity index is 4.17. The molecular weight excluding hydrogens is 506 g/mol. The largest absolute Gasteiger partial charge is 0.466 e. The molecule has 0 heterocycles. The van der Waals surface area contributed by atoms with Gasteiger partial charge in [0.05, 0.1) is 26.1 Å². The minimum atomic E-state index is -0.664. The molecule has 0 spiro atoms. The summed E-state index contributed by atoms with van der Waals surface area (Å²) < 4.78 is 16.2. The summed E-state index contributed by atoms with van der Waals surface area (Å²) in [6.07, 6.45) is 21.3. The average Bonchev–Trinajstić information content (AvgIpc) is 2.89. The quantitative estimate of drug-likeness (QED) is 0.0587. The van der Waals surface area contributed by atoms with Gasteiger partial charge in [-0.2, -0.15) is 0 Å². The Bertz CT molecular complexity index is 591. The number of rotatable bonds is 26. The molecule has 1 amide bonds. The van der Waals surface area contributed by atoms with Crippen LogP contribution >= 0.6 is 0 Å². The van der Waals surface area contributed by atoms with Crippen LogP contribution in [-0.4, -0.2) is 54.8 Å². The van der Waals surface area contributed by atoms with Gasteiger partial charge in [0.2, 0.25) is 0 Å². The second kappa shape index (κ2) is 26.1. The zero-order valence-electron chi connectivity index (χ0n) is 26.9. The normalized spacial score (nSPS) is 11.3. The van der Waals surface area contributed by atoms with Crippen molar-refractivity contribution in [3.8, 4) is 0 Å². The summed E-state index contributed by atoms with van der Waals surface area (Å²) in [5.41, 5.74) is -0.664. The highest BCUT2D eigenvalue weighted by atomic mass is 16.6. The van der Waals surface area contributed by atoms with Crippen LogP contribution in [-0.2, 0) is 23.8 Å². The Morgan fingerprint density at radius 3 is 1.18 bits per heavy atom. The predicted octanol–water partition coefficient (Wildman–Crippen LogP) is 9.15. The van der Waals surface area contributed by atoms with Gasteiger partial charge in [-0.15, -0.1) is 0 Å². The highest BCUT2D eigenvalue weighted by molar-refractivity contribution is 5.73. The first-order chi connectivity index (χ1) is 19.2. The minimum absolute atomic E-state index is 0.0736. The lowest BCUT2D eigenvalue weighted by molar-refractivity contribution is -0.144. The van der Waals surface area contributed by atoms with Crippen LogP contribution in [0.25, 0.3) is 0 Å². The number of carbonyl (C=O) groups excluding carboxylic acids is 3. The summed E-state index contributed by atoms with van der Waals surface area (Å²) in [5.74, 6) is -0.665. The van der Waals surface area contributed by atoms with Crippen LogP contribution in [0.1, 0.15) is 163 Å². The summed E-state index contributed by atoms with van der Waals surface area (Å²) in [5, 5.41) is 0. The fourth-order valence-corrected chi connectivity index (χ4v) is 4.42. The first kappa shape index (κ1) is 38.2. The number of nitrogens with zero attached hydrogens (tertiary/aromatic N) is 1. The molecule has 0 saturated carbocycles. The number of amides is 1. The van der Waals surface area contributed by atoms with E-state index in [0.717, 1.165) is 25.7 Å². The molecule has 0 aliphatic heterocycles. The van der Waals surface area contributed by atoms with E-state index in [1.165, 1.54) is 94.8 Å². The van der Waals surface area contributed by atoms with Gasteiger partial charge in [0.25, 0.3) is 0 Å². The lowest BCUT2D eigenvalue weighted by Crippen LogP contribution is -2.39. The van der Waals surface area contributed by atoms with Crippen molar-refractivity contribution < 1.29 is 28.6 Å². The number of esters is 2. The van der Waals surface area contributed by atoms with Crippen LogP contribution in [0.3, 0.4) is 0 Å². The second-order valence-corrected chi connectivity index (χ2v) is 12.1. The van der Waals surface area contributed by atoms with E-state index in [0.29, 0.717) is 13.2 Å². The molecule has 7 heteroatoms. The monoisotopic (exact) mass is 569 g/mol. The molecule has 0 atom stereocenters. The molecule has 0 unspecified atom stereocenters. The van der Waals surface area contributed by atoms with Gasteiger partial charge >= 0.3 is 18.0 Å². The van der Waals surface area contributed by atoms with Gasteiger partial charge in [0.15, 0.2) is 0 Å². The molecule has 0 saturated heterocycles. The van der Waals surface area contributed by atoms with E-state index in [9.17, 15) is 14.4 Å². The first-order valence-electron chi connectivity index (χ1n) is 16.5. The molecule has 0 aromatic carbocycles. The number of unbranched alkanes of at least 4 members (excludes halogenated alkanes) is 16. The molecule has 0 aliphatic rings. The molecular formula is C33H63NO6. The fourth-order valence-electron chi connectivity index (χ4n) is 4.42. The maximum Gasteiger partial charge on any atom is 0.410 e. The van der Waals surface area contributed by atoms with Gasteiger partial charge in [-0.05, 0) is 33.6 Å². The average molecular weight is 570 g/mol. The highest BCUT2D eigenvalue weighted by Crippen LogP contribution is 2.13. The maximum absolute atomic E-state index is 12.7. The van der Waals surface area contributed by atoms with E-state index >= 15 is 0 Å². The number of ether oxygens (including phenoxy) is 3. The van der Waals surface area contributed by atoms with Crippen molar-refractivity contribution in [3.63, 3.8) is 0 Å². The Morgan fingerprint density at radius 1 is 0.525 bits per heavy atom. The van der Waals surface area contributed by atoms with Crippen LogP contribution in [0, 0.1) is 0 Å². The van der Waals surface area contributed by atoms with Gasteiger partial charge in [-0.25, -0.2) is 4.79 Å². The SMILES string of the molecule is CCCCCCCCCCCOC(=O)CCN(CCC(=O)OCCCCCCCCCCC)C(=O)OC(C)(C)C. The van der Waals surface area contributed by atoms with Crippen molar-refractivity contribution in [2.75, 3.05) is 26.3 Å². The lowest BCUT2D eigenvalue weighted by atomic mass is 10.1. The van der Waals surface area contributed by atoms with Crippen molar-refractivity contribution in [2.24, 2.45) is 0 Å². The maximum atomic E-state index is 12.7. The zero-order valence-corrected chi connectivity index (χ0v) is 26.9. The number of hydrogen-bond acceptors (Lipinski definition) is 6.